The van der Waals surface area contributed by atoms with Crippen LogP contribution in [0, 0.1) is 0 Å². The Morgan fingerprint density at radius 3 is 2.50 bits per heavy atom. The number of cyclic esters (lactones) is 1. The lowest BCUT2D eigenvalue weighted by Crippen LogP contribution is -2.23. The molecular weight excluding hydrogens is 136 g/mol. The molecule has 0 aliphatic carbocycles. The van der Waals surface area contributed by atoms with Crippen LogP contribution in [0.3, 0.4) is 0 Å². The van der Waals surface area contributed by atoms with Crippen molar-refractivity contribution in [3.63, 3.8) is 0 Å². The number of rotatable bonds is 1. The molecule has 1 unspecified atom stereocenters. The summed E-state index contributed by atoms with van der Waals surface area (Å²) < 4.78 is 9.72. The second-order valence-electron chi connectivity index (χ2n) is 2.61. The van der Waals surface area contributed by atoms with Gasteiger partial charge in [0, 0.05) is 13.8 Å². The van der Waals surface area contributed by atoms with E-state index in [1.54, 1.807) is 13.8 Å². The van der Waals surface area contributed by atoms with Gasteiger partial charge in [-0.05, 0) is 0 Å². The number of hydrogen-bond acceptors (Lipinski definition) is 4. The minimum atomic E-state index is -0.871. The predicted molar refractivity (Wildman–Crippen MR) is 32.1 cm³/mol. The zero-order valence-electron chi connectivity index (χ0n) is 5.96. The lowest BCUT2D eigenvalue weighted by atomic mass is 10.4. The minimum absolute atomic E-state index is 0.317. The molecule has 0 saturated carbocycles. The molecule has 4 heteroatoms. The van der Waals surface area contributed by atoms with Crippen LogP contribution >= 0.6 is 0 Å². The third-order valence-electron chi connectivity index (χ3n) is 1.20. The van der Waals surface area contributed by atoms with Crippen LogP contribution in [-0.4, -0.2) is 29.6 Å². The molecule has 0 aromatic heterocycles. The van der Waals surface area contributed by atoms with Gasteiger partial charge in [0.1, 0.15) is 0 Å². The number of ether oxygens (including phenoxy) is 2. The smallest absolute Gasteiger partial charge is 0.340 e. The van der Waals surface area contributed by atoms with Gasteiger partial charge in [0.25, 0.3) is 0 Å². The van der Waals surface area contributed by atoms with Crippen LogP contribution in [0.4, 0.5) is 0 Å². The summed E-state index contributed by atoms with van der Waals surface area (Å²) in [6.45, 7) is 2.93. The maximum Gasteiger partial charge on any atom is 0.340 e. The van der Waals surface area contributed by atoms with Crippen LogP contribution < -0.4 is 0 Å². The van der Waals surface area contributed by atoms with Crippen LogP contribution in [0.2, 0.25) is 0 Å². The SMILES string of the molecule is CC1(C)OC(=O)C(CO)O1. The highest BCUT2D eigenvalue weighted by Crippen LogP contribution is 2.22. The van der Waals surface area contributed by atoms with E-state index in [9.17, 15) is 4.79 Å². The van der Waals surface area contributed by atoms with Crippen LogP contribution in [-0.2, 0) is 14.3 Å². The van der Waals surface area contributed by atoms with Crippen LogP contribution in [0.5, 0.6) is 0 Å². The Kier molecular flexibility index (Phi) is 1.66. The van der Waals surface area contributed by atoms with Gasteiger partial charge in [-0.1, -0.05) is 0 Å². The fourth-order valence-electron chi connectivity index (χ4n) is 0.835. The molecule has 1 aliphatic rings. The molecule has 1 rings (SSSR count). The van der Waals surface area contributed by atoms with Gasteiger partial charge < -0.3 is 14.6 Å². The van der Waals surface area contributed by atoms with E-state index in [-0.39, 0.29) is 6.61 Å². The van der Waals surface area contributed by atoms with E-state index >= 15 is 0 Å². The molecule has 0 bridgehead atoms. The maximum atomic E-state index is 10.7. The quantitative estimate of drug-likeness (QED) is 0.514. The fraction of sp³-hybridized carbons (Fsp3) is 0.833. The monoisotopic (exact) mass is 146 g/mol. The molecule has 0 amide bonds. The first-order valence-corrected chi connectivity index (χ1v) is 3.07. The first kappa shape index (κ1) is 7.50. The highest BCUT2D eigenvalue weighted by Gasteiger charge is 2.40. The van der Waals surface area contributed by atoms with Crippen LogP contribution in [0.15, 0.2) is 0 Å². The van der Waals surface area contributed by atoms with E-state index in [4.69, 9.17) is 14.6 Å². The van der Waals surface area contributed by atoms with Crippen molar-refractivity contribution in [1.82, 2.24) is 0 Å². The Morgan fingerprint density at radius 2 is 2.30 bits per heavy atom. The van der Waals surface area contributed by atoms with Crippen molar-refractivity contribution in [3.8, 4) is 0 Å². The van der Waals surface area contributed by atoms with Gasteiger partial charge in [-0.2, -0.15) is 0 Å². The molecule has 1 atom stereocenters. The molecule has 0 radical (unpaired) electrons. The zero-order valence-corrected chi connectivity index (χ0v) is 5.96. The molecule has 0 aromatic carbocycles. The van der Waals surface area contributed by atoms with Crippen molar-refractivity contribution in [2.75, 3.05) is 6.61 Å². The highest BCUT2D eigenvalue weighted by atomic mass is 16.8. The van der Waals surface area contributed by atoms with E-state index in [0.29, 0.717) is 0 Å². The summed E-state index contributed by atoms with van der Waals surface area (Å²) in [5.74, 6) is -1.36. The van der Waals surface area contributed by atoms with Crippen molar-refractivity contribution in [3.05, 3.63) is 0 Å². The number of aliphatic hydroxyl groups is 1. The minimum Gasteiger partial charge on any atom is -0.432 e. The Bertz CT molecular complexity index is 152. The second kappa shape index (κ2) is 2.21. The van der Waals surface area contributed by atoms with Gasteiger partial charge in [0.05, 0.1) is 6.61 Å². The number of carbonyl (C=O) groups is 1. The van der Waals surface area contributed by atoms with Crippen molar-refractivity contribution >= 4 is 5.97 Å². The Hall–Kier alpha value is -0.610. The molecular formula is C6H10O4. The van der Waals surface area contributed by atoms with Gasteiger partial charge in [0.15, 0.2) is 6.10 Å². The summed E-state index contributed by atoms with van der Waals surface area (Å²) in [4.78, 5) is 10.7. The summed E-state index contributed by atoms with van der Waals surface area (Å²) in [7, 11) is 0. The second-order valence-corrected chi connectivity index (χ2v) is 2.61. The first-order valence-electron chi connectivity index (χ1n) is 3.07. The van der Waals surface area contributed by atoms with Gasteiger partial charge in [-0.3, -0.25) is 0 Å². The van der Waals surface area contributed by atoms with Crippen molar-refractivity contribution in [2.45, 2.75) is 25.7 Å². The van der Waals surface area contributed by atoms with E-state index in [1.807, 2.05) is 0 Å². The van der Waals surface area contributed by atoms with E-state index < -0.39 is 17.9 Å². The summed E-state index contributed by atoms with van der Waals surface area (Å²) in [6.07, 6.45) is -0.796. The average molecular weight is 146 g/mol. The predicted octanol–water partition coefficient (Wildman–Crippen LogP) is -0.343. The average Bonchev–Trinajstić information content (AvgIpc) is 2.05. The molecule has 58 valence electrons. The molecule has 1 aliphatic heterocycles. The van der Waals surface area contributed by atoms with Gasteiger partial charge in [0.2, 0.25) is 5.79 Å². The summed E-state index contributed by atoms with van der Waals surface area (Å²) in [5, 5.41) is 8.54. The maximum absolute atomic E-state index is 10.7. The third kappa shape index (κ3) is 1.27. The molecule has 1 heterocycles. The normalized spacial score (nSPS) is 30.3. The number of hydrogen-bond donors (Lipinski definition) is 1. The molecule has 4 nitrogen and oxygen atoms in total. The van der Waals surface area contributed by atoms with Gasteiger partial charge in [-0.15, -0.1) is 0 Å². The number of aliphatic hydroxyl groups excluding tert-OH is 1. The zero-order chi connectivity index (χ0) is 7.78. The molecule has 0 spiro atoms. The van der Waals surface area contributed by atoms with E-state index in [2.05, 4.69) is 0 Å². The lowest BCUT2D eigenvalue weighted by Gasteiger charge is -2.14. The Balaban J connectivity index is 2.61. The van der Waals surface area contributed by atoms with Crippen LogP contribution in [0.1, 0.15) is 13.8 Å². The summed E-state index contributed by atoms with van der Waals surface area (Å²) in [6, 6.07) is 0. The number of esters is 1. The molecule has 1 N–H and O–H groups in total. The fourth-order valence-corrected chi connectivity index (χ4v) is 0.835. The Morgan fingerprint density at radius 1 is 1.70 bits per heavy atom. The largest absolute Gasteiger partial charge is 0.432 e. The lowest BCUT2D eigenvalue weighted by molar-refractivity contribution is -0.161. The van der Waals surface area contributed by atoms with E-state index in [0.717, 1.165) is 0 Å². The first-order chi connectivity index (χ1) is 4.55. The number of carbonyl (C=O) groups excluding carboxylic acids is 1. The van der Waals surface area contributed by atoms with Gasteiger partial charge >= 0.3 is 5.97 Å². The molecule has 10 heavy (non-hydrogen) atoms. The van der Waals surface area contributed by atoms with Crippen LogP contribution in [0.25, 0.3) is 0 Å². The Labute approximate surface area is 58.7 Å². The van der Waals surface area contributed by atoms with Crippen molar-refractivity contribution in [2.24, 2.45) is 0 Å². The molecule has 0 aromatic rings. The topological polar surface area (TPSA) is 55.8 Å². The third-order valence-corrected chi connectivity index (χ3v) is 1.20. The molecule has 1 saturated heterocycles. The van der Waals surface area contributed by atoms with Gasteiger partial charge in [-0.25, -0.2) is 4.79 Å². The highest BCUT2D eigenvalue weighted by molar-refractivity contribution is 5.76. The molecule has 1 fully saturated rings. The van der Waals surface area contributed by atoms with E-state index in [1.165, 1.54) is 0 Å². The van der Waals surface area contributed by atoms with Crippen molar-refractivity contribution < 1.29 is 19.4 Å². The standard InChI is InChI=1S/C6H10O4/c1-6(2)9-4(3-7)5(8)10-6/h4,7H,3H2,1-2H3. The van der Waals surface area contributed by atoms with Crippen molar-refractivity contribution in [1.29, 1.82) is 0 Å². The summed E-state index contributed by atoms with van der Waals surface area (Å²) >= 11 is 0. The summed E-state index contributed by atoms with van der Waals surface area (Å²) in [5.41, 5.74) is 0.